The lowest BCUT2D eigenvalue weighted by molar-refractivity contribution is 0.0901. The number of carbonyl (C=O) groups excluding carboxylic acids is 2. The third-order valence-electron chi connectivity index (χ3n) is 5.27. The van der Waals surface area contributed by atoms with Crippen molar-refractivity contribution in [2.45, 2.75) is 25.8 Å². The molecule has 2 amide bonds. The van der Waals surface area contributed by atoms with Gasteiger partial charge in [-0.2, -0.15) is 10.2 Å². The second-order valence-corrected chi connectivity index (χ2v) is 7.92. The Morgan fingerprint density at radius 1 is 0.857 bits per heavy atom. The molecule has 0 aliphatic rings. The van der Waals surface area contributed by atoms with E-state index in [0.717, 1.165) is 6.42 Å². The molecule has 35 heavy (non-hydrogen) atoms. The van der Waals surface area contributed by atoms with Gasteiger partial charge in [0, 0.05) is 25.0 Å². The van der Waals surface area contributed by atoms with E-state index in [2.05, 4.69) is 20.8 Å². The minimum absolute atomic E-state index is 0.171. The first-order valence-corrected chi connectivity index (χ1v) is 11.1. The molecule has 8 nitrogen and oxygen atoms in total. The van der Waals surface area contributed by atoms with Crippen molar-refractivity contribution in [2.75, 3.05) is 6.54 Å². The maximum absolute atomic E-state index is 13.5. The lowest BCUT2D eigenvalue weighted by Crippen LogP contribution is -2.43. The quantitative estimate of drug-likeness (QED) is 0.384. The van der Waals surface area contributed by atoms with Crippen LogP contribution in [-0.2, 0) is 0 Å². The predicted molar refractivity (Wildman–Crippen MR) is 126 cm³/mol. The van der Waals surface area contributed by atoms with Crippen LogP contribution in [-0.4, -0.2) is 44.0 Å². The zero-order valence-corrected chi connectivity index (χ0v) is 19.0. The molecule has 4 aromatic rings. The van der Waals surface area contributed by atoms with Crippen molar-refractivity contribution in [3.8, 4) is 11.4 Å². The first-order valence-electron chi connectivity index (χ1n) is 11.1. The van der Waals surface area contributed by atoms with E-state index in [9.17, 15) is 18.4 Å². The third-order valence-corrected chi connectivity index (χ3v) is 5.27. The molecule has 0 fully saturated rings. The molecule has 180 valence electrons. The Hall–Kier alpha value is -4.34. The molecule has 2 N–H and O–H groups in total. The Kier molecular flexibility index (Phi) is 7.30. The van der Waals surface area contributed by atoms with Crippen molar-refractivity contribution in [1.29, 1.82) is 0 Å². The van der Waals surface area contributed by atoms with Gasteiger partial charge in [-0.25, -0.2) is 18.1 Å². The minimum atomic E-state index is -0.411. The monoisotopic (exact) mass is 478 g/mol. The summed E-state index contributed by atoms with van der Waals surface area (Å²) in [4.78, 5) is 25.3. The number of hydrogen-bond donors (Lipinski definition) is 2. The van der Waals surface area contributed by atoms with E-state index in [-0.39, 0.29) is 24.0 Å². The predicted octanol–water partition coefficient (Wildman–Crippen LogP) is 3.66. The maximum atomic E-state index is 13.5. The maximum Gasteiger partial charge on any atom is 0.272 e. The molecular weight excluding hydrogens is 454 g/mol. The van der Waals surface area contributed by atoms with Crippen LogP contribution in [0.4, 0.5) is 8.78 Å². The average Bonchev–Trinajstić information content (AvgIpc) is 3.53. The summed E-state index contributed by atoms with van der Waals surface area (Å²) in [7, 11) is 0. The first-order chi connectivity index (χ1) is 16.9. The SMILES string of the molecule is CCCC(CNC(=O)c1ccn(-c2cccc(F)c2)n1)NC(=O)c1ccn(-c2cccc(F)c2)n1. The van der Waals surface area contributed by atoms with E-state index in [1.54, 1.807) is 42.7 Å². The number of carbonyl (C=O) groups is 2. The molecule has 1 atom stereocenters. The van der Waals surface area contributed by atoms with E-state index >= 15 is 0 Å². The van der Waals surface area contributed by atoms with Crippen LogP contribution in [0.15, 0.2) is 73.1 Å². The van der Waals surface area contributed by atoms with Crippen molar-refractivity contribution in [3.63, 3.8) is 0 Å². The Bertz CT molecular complexity index is 1330. The molecule has 0 spiro atoms. The molecule has 4 rings (SSSR count). The second kappa shape index (κ2) is 10.7. The lowest BCUT2D eigenvalue weighted by Gasteiger charge is -2.18. The van der Waals surface area contributed by atoms with Crippen LogP contribution >= 0.6 is 0 Å². The fourth-order valence-corrected chi connectivity index (χ4v) is 3.55. The van der Waals surface area contributed by atoms with Crippen molar-refractivity contribution in [3.05, 3.63) is 96.1 Å². The molecule has 0 radical (unpaired) electrons. The molecule has 2 aromatic heterocycles. The Morgan fingerprint density at radius 2 is 1.40 bits per heavy atom. The number of halogens is 2. The summed E-state index contributed by atoms with van der Waals surface area (Å²) < 4.78 is 29.8. The van der Waals surface area contributed by atoms with Gasteiger partial charge in [0.2, 0.25) is 0 Å². The molecule has 1 unspecified atom stereocenters. The second-order valence-electron chi connectivity index (χ2n) is 7.92. The summed E-state index contributed by atoms with van der Waals surface area (Å²) in [6.07, 6.45) is 4.57. The van der Waals surface area contributed by atoms with Gasteiger partial charge in [0.15, 0.2) is 11.4 Å². The summed E-state index contributed by atoms with van der Waals surface area (Å²) in [6.45, 7) is 2.16. The number of aromatic nitrogens is 4. The Morgan fingerprint density at radius 3 is 1.91 bits per heavy atom. The van der Waals surface area contributed by atoms with E-state index in [1.165, 1.54) is 39.7 Å². The Labute approximate surface area is 200 Å². The van der Waals surface area contributed by atoms with Crippen molar-refractivity contribution >= 4 is 11.8 Å². The fourth-order valence-electron chi connectivity index (χ4n) is 3.55. The summed E-state index contributed by atoms with van der Waals surface area (Å²) in [5, 5.41) is 14.1. The zero-order chi connectivity index (χ0) is 24.8. The zero-order valence-electron chi connectivity index (χ0n) is 19.0. The van der Waals surface area contributed by atoms with Crippen LogP contribution < -0.4 is 10.6 Å². The van der Waals surface area contributed by atoms with Crippen molar-refractivity contribution < 1.29 is 18.4 Å². The van der Waals surface area contributed by atoms with Gasteiger partial charge in [-0.1, -0.05) is 25.5 Å². The highest BCUT2D eigenvalue weighted by Gasteiger charge is 2.18. The summed E-state index contributed by atoms with van der Waals surface area (Å²) >= 11 is 0. The van der Waals surface area contributed by atoms with Crippen LogP contribution in [0.5, 0.6) is 0 Å². The van der Waals surface area contributed by atoms with Crippen LogP contribution in [0.25, 0.3) is 11.4 Å². The molecule has 2 aromatic carbocycles. The summed E-state index contributed by atoms with van der Waals surface area (Å²) in [6, 6.07) is 14.5. The normalized spacial score (nSPS) is 11.7. The van der Waals surface area contributed by atoms with Gasteiger partial charge in [-0.15, -0.1) is 0 Å². The number of nitrogens with one attached hydrogen (secondary N) is 2. The largest absolute Gasteiger partial charge is 0.349 e. The van der Waals surface area contributed by atoms with E-state index in [0.29, 0.717) is 17.8 Å². The third kappa shape index (κ3) is 5.97. The van der Waals surface area contributed by atoms with Gasteiger partial charge >= 0.3 is 0 Å². The fraction of sp³-hybridized carbons (Fsp3) is 0.200. The molecule has 0 saturated carbocycles. The lowest BCUT2D eigenvalue weighted by atomic mass is 10.1. The van der Waals surface area contributed by atoms with Gasteiger partial charge < -0.3 is 10.6 Å². The molecule has 10 heteroatoms. The minimum Gasteiger partial charge on any atom is -0.349 e. The highest BCUT2D eigenvalue weighted by atomic mass is 19.1. The highest BCUT2D eigenvalue weighted by Crippen LogP contribution is 2.11. The number of rotatable bonds is 9. The molecule has 0 bridgehead atoms. The topological polar surface area (TPSA) is 93.8 Å². The van der Waals surface area contributed by atoms with E-state index < -0.39 is 23.4 Å². The van der Waals surface area contributed by atoms with Gasteiger partial charge in [-0.05, 0) is 55.0 Å². The van der Waals surface area contributed by atoms with Gasteiger partial charge in [0.1, 0.15) is 11.6 Å². The Balaban J connectivity index is 1.36. The summed E-state index contributed by atoms with van der Waals surface area (Å²) in [5.74, 6) is -1.61. The standard InChI is InChI=1S/C25H24F2N6O2/c1-2-5-19(29-25(35)23-11-13-33(31-23)21-9-4-7-18(27)15-21)16-28-24(34)22-10-12-32(30-22)20-8-3-6-17(26)14-20/h3-4,6-15,19H,2,5,16H2,1H3,(H,28,34)(H,29,35). The number of hydrogen-bond acceptors (Lipinski definition) is 4. The van der Waals surface area contributed by atoms with Crippen LogP contribution in [0.3, 0.4) is 0 Å². The first kappa shape index (κ1) is 23.8. The smallest absolute Gasteiger partial charge is 0.272 e. The molecule has 0 aliphatic carbocycles. The van der Waals surface area contributed by atoms with Crippen LogP contribution in [0.2, 0.25) is 0 Å². The number of benzene rings is 2. The average molecular weight is 479 g/mol. The van der Waals surface area contributed by atoms with Crippen LogP contribution in [0.1, 0.15) is 40.7 Å². The van der Waals surface area contributed by atoms with Crippen LogP contribution in [0, 0.1) is 11.6 Å². The van der Waals surface area contributed by atoms with E-state index in [4.69, 9.17) is 0 Å². The number of amides is 2. The molecule has 0 aliphatic heterocycles. The van der Waals surface area contributed by atoms with E-state index in [1.807, 2.05) is 6.92 Å². The van der Waals surface area contributed by atoms with Gasteiger partial charge in [0.05, 0.1) is 11.4 Å². The number of nitrogens with zero attached hydrogens (tertiary/aromatic N) is 4. The van der Waals surface area contributed by atoms with Gasteiger partial charge in [-0.3, -0.25) is 9.59 Å². The molecule has 0 saturated heterocycles. The molecule has 2 heterocycles. The van der Waals surface area contributed by atoms with Crippen molar-refractivity contribution in [1.82, 2.24) is 30.2 Å². The molecular formula is C25H24F2N6O2. The van der Waals surface area contributed by atoms with Crippen molar-refractivity contribution in [2.24, 2.45) is 0 Å². The van der Waals surface area contributed by atoms with Gasteiger partial charge in [0.25, 0.3) is 11.8 Å². The highest BCUT2D eigenvalue weighted by molar-refractivity contribution is 5.93. The summed E-state index contributed by atoms with van der Waals surface area (Å²) in [5.41, 5.74) is 1.34.